The average molecular weight is 383 g/mol. The Bertz CT molecular complexity index is 670. The van der Waals surface area contributed by atoms with Gasteiger partial charge in [0.2, 0.25) is 0 Å². The Hall–Kier alpha value is -0.850. The summed E-state index contributed by atoms with van der Waals surface area (Å²) in [5, 5.41) is 0. The third-order valence-corrected chi connectivity index (χ3v) is 9.65. The number of fused-ring (bicyclic) bond motifs is 5. The zero-order valence-electron chi connectivity index (χ0n) is 19.0. The van der Waals surface area contributed by atoms with Crippen molar-refractivity contribution in [1.29, 1.82) is 0 Å². The summed E-state index contributed by atoms with van der Waals surface area (Å²) >= 11 is 0. The summed E-state index contributed by atoms with van der Waals surface area (Å²) in [7, 11) is 0. The molecule has 2 saturated carbocycles. The van der Waals surface area contributed by atoms with Gasteiger partial charge >= 0.3 is 0 Å². The Morgan fingerprint density at radius 1 is 0.964 bits per heavy atom. The molecule has 0 amide bonds. The van der Waals surface area contributed by atoms with Crippen molar-refractivity contribution in [2.24, 2.45) is 46.3 Å². The van der Waals surface area contributed by atoms with E-state index in [1.54, 1.807) is 5.57 Å². The minimum Gasteiger partial charge on any atom is -0.295 e. The molecule has 4 aliphatic rings. The topological polar surface area (TPSA) is 17.1 Å². The van der Waals surface area contributed by atoms with E-state index in [9.17, 15) is 4.79 Å². The SMILES string of the molecule is CC(C)CCC[C@@H](C)[C@H]1CC[C@H]2C3=CC(=O)[C@H]4CC=CC[C@]4(C)[C@H]3CC[C@]12C. The number of hydrogen-bond acceptors (Lipinski definition) is 1. The van der Waals surface area contributed by atoms with Crippen molar-refractivity contribution < 1.29 is 4.79 Å². The van der Waals surface area contributed by atoms with Crippen LogP contribution in [0.15, 0.2) is 23.8 Å². The van der Waals surface area contributed by atoms with Crippen LogP contribution in [-0.2, 0) is 4.79 Å². The number of ketones is 1. The molecule has 0 aromatic heterocycles. The van der Waals surface area contributed by atoms with Gasteiger partial charge in [-0.15, -0.1) is 0 Å². The normalized spacial score (nSPS) is 43.4. The van der Waals surface area contributed by atoms with Crippen molar-refractivity contribution in [3.05, 3.63) is 23.8 Å². The highest BCUT2D eigenvalue weighted by Crippen LogP contribution is 2.66. The summed E-state index contributed by atoms with van der Waals surface area (Å²) in [5.41, 5.74) is 2.18. The van der Waals surface area contributed by atoms with E-state index in [1.807, 2.05) is 0 Å². The molecule has 0 spiro atoms. The van der Waals surface area contributed by atoms with Gasteiger partial charge < -0.3 is 0 Å². The van der Waals surface area contributed by atoms with Gasteiger partial charge in [-0.2, -0.15) is 0 Å². The van der Waals surface area contributed by atoms with Crippen molar-refractivity contribution in [2.45, 2.75) is 92.4 Å². The van der Waals surface area contributed by atoms with E-state index in [-0.39, 0.29) is 11.3 Å². The van der Waals surface area contributed by atoms with Gasteiger partial charge in [-0.1, -0.05) is 71.6 Å². The van der Waals surface area contributed by atoms with Crippen molar-refractivity contribution in [3.8, 4) is 0 Å². The van der Waals surface area contributed by atoms with E-state index in [2.05, 4.69) is 52.8 Å². The molecule has 0 saturated heterocycles. The maximum absolute atomic E-state index is 13.1. The van der Waals surface area contributed by atoms with Gasteiger partial charge in [-0.05, 0) is 85.0 Å². The summed E-state index contributed by atoms with van der Waals surface area (Å²) in [6, 6.07) is 0. The van der Waals surface area contributed by atoms with E-state index in [0.717, 1.165) is 30.6 Å². The quantitative estimate of drug-likeness (QED) is 0.453. The molecule has 0 unspecified atom stereocenters. The van der Waals surface area contributed by atoms with Gasteiger partial charge in [0, 0.05) is 5.92 Å². The first-order valence-corrected chi connectivity index (χ1v) is 12.2. The number of carbonyl (C=O) groups excluding carboxylic acids is 1. The molecule has 1 nitrogen and oxygen atoms in total. The Balaban J connectivity index is 1.55. The molecule has 1 heteroatoms. The predicted molar refractivity (Wildman–Crippen MR) is 118 cm³/mol. The zero-order chi connectivity index (χ0) is 20.1. The Morgan fingerprint density at radius 2 is 1.71 bits per heavy atom. The lowest BCUT2D eigenvalue weighted by atomic mass is 9.48. The lowest BCUT2D eigenvalue weighted by Gasteiger charge is -2.55. The standard InChI is InChI=1S/C27H42O/c1-18(2)9-8-10-19(3)21-12-13-22-20-17-25(28)24-11-6-7-15-26(24,4)23(20)14-16-27(21,22)5/h6-7,17-19,21-24H,8-16H2,1-5H3/t19-,21-,22+,23+,24-,26-,27-/m1/s1. The smallest absolute Gasteiger partial charge is 0.159 e. The molecule has 0 bridgehead atoms. The summed E-state index contributed by atoms with van der Waals surface area (Å²) in [4.78, 5) is 13.1. The van der Waals surface area contributed by atoms with Crippen LogP contribution >= 0.6 is 0 Å². The van der Waals surface area contributed by atoms with Crippen LogP contribution < -0.4 is 0 Å². The molecule has 0 radical (unpaired) electrons. The maximum atomic E-state index is 13.1. The number of rotatable bonds is 5. The number of carbonyl (C=O) groups is 1. The predicted octanol–water partition coefficient (Wildman–Crippen LogP) is 7.37. The van der Waals surface area contributed by atoms with Crippen molar-refractivity contribution in [3.63, 3.8) is 0 Å². The van der Waals surface area contributed by atoms with Crippen LogP contribution in [-0.4, -0.2) is 5.78 Å². The molecule has 7 atom stereocenters. The van der Waals surface area contributed by atoms with Crippen LogP contribution in [0.3, 0.4) is 0 Å². The monoisotopic (exact) mass is 382 g/mol. The molecule has 0 aromatic rings. The van der Waals surface area contributed by atoms with Gasteiger partial charge in [-0.25, -0.2) is 0 Å². The maximum Gasteiger partial charge on any atom is 0.159 e. The second-order valence-electron chi connectivity index (χ2n) is 11.7. The highest BCUT2D eigenvalue weighted by Gasteiger charge is 2.58. The fourth-order valence-corrected chi connectivity index (χ4v) is 8.00. The van der Waals surface area contributed by atoms with Gasteiger partial charge in [0.05, 0.1) is 0 Å². The Labute approximate surface area is 173 Å². The summed E-state index contributed by atoms with van der Waals surface area (Å²) in [6.07, 6.45) is 18.3. The largest absolute Gasteiger partial charge is 0.295 e. The average Bonchev–Trinajstić information content (AvgIpc) is 2.99. The second kappa shape index (κ2) is 7.44. The minimum absolute atomic E-state index is 0.179. The summed E-state index contributed by atoms with van der Waals surface area (Å²) < 4.78 is 0. The van der Waals surface area contributed by atoms with E-state index in [1.165, 1.54) is 44.9 Å². The van der Waals surface area contributed by atoms with E-state index in [4.69, 9.17) is 0 Å². The molecule has 0 heterocycles. The fourth-order valence-electron chi connectivity index (χ4n) is 8.00. The molecule has 0 aliphatic heterocycles. The van der Waals surface area contributed by atoms with Crippen LogP contribution in [0.1, 0.15) is 92.4 Å². The Kier molecular flexibility index (Phi) is 5.43. The van der Waals surface area contributed by atoms with Crippen LogP contribution in [0, 0.1) is 46.3 Å². The molecule has 2 fully saturated rings. The number of allylic oxidation sites excluding steroid dienone is 4. The van der Waals surface area contributed by atoms with Crippen molar-refractivity contribution in [2.75, 3.05) is 0 Å². The van der Waals surface area contributed by atoms with Crippen molar-refractivity contribution in [1.82, 2.24) is 0 Å². The summed E-state index contributed by atoms with van der Waals surface area (Å²) in [6.45, 7) is 12.2. The third-order valence-electron chi connectivity index (χ3n) is 9.65. The zero-order valence-corrected chi connectivity index (χ0v) is 19.0. The molecule has 4 aliphatic carbocycles. The van der Waals surface area contributed by atoms with E-state index >= 15 is 0 Å². The molecule has 0 N–H and O–H groups in total. The molecule has 28 heavy (non-hydrogen) atoms. The lowest BCUT2D eigenvalue weighted by molar-refractivity contribution is -0.126. The first-order valence-electron chi connectivity index (χ1n) is 12.2. The number of hydrogen-bond donors (Lipinski definition) is 0. The van der Waals surface area contributed by atoms with Crippen molar-refractivity contribution >= 4 is 5.78 Å². The van der Waals surface area contributed by atoms with Crippen LogP contribution in [0.5, 0.6) is 0 Å². The molecule has 4 rings (SSSR count). The van der Waals surface area contributed by atoms with Crippen LogP contribution in [0.4, 0.5) is 0 Å². The molecule has 156 valence electrons. The highest BCUT2D eigenvalue weighted by molar-refractivity contribution is 5.94. The van der Waals surface area contributed by atoms with Gasteiger partial charge in [-0.3, -0.25) is 4.79 Å². The first-order chi connectivity index (χ1) is 13.3. The molecular formula is C27H42O. The van der Waals surface area contributed by atoms with E-state index < -0.39 is 0 Å². The molecule has 0 aromatic carbocycles. The minimum atomic E-state index is 0.179. The van der Waals surface area contributed by atoms with Gasteiger partial charge in [0.1, 0.15) is 0 Å². The van der Waals surface area contributed by atoms with E-state index in [0.29, 0.717) is 23.0 Å². The van der Waals surface area contributed by atoms with Crippen LogP contribution in [0.2, 0.25) is 0 Å². The first kappa shape index (κ1) is 20.4. The summed E-state index contributed by atoms with van der Waals surface area (Å²) in [5.74, 6) is 4.49. The third kappa shape index (κ3) is 3.16. The second-order valence-corrected chi connectivity index (χ2v) is 11.7. The lowest BCUT2D eigenvalue weighted by Crippen LogP contribution is -2.50. The fraction of sp³-hybridized carbons (Fsp3) is 0.815. The van der Waals surface area contributed by atoms with Crippen LogP contribution in [0.25, 0.3) is 0 Å². The molecular weight excluding hydrogens is 340 g/mol. The van der Waals surface area contributed by atoms with Gasteiger partial charge in [0.25, 0.3) is 0 Å². The van der Waals surface area contributed by atoms with Gasteiger partial charge in [0.15, 0.2) is 5.78 Å². The Morgan fingerprint density at radius 3 is 2.46 bits per heavy atom. The highest BCUT2D eigenvalue weighted by atomic mass is 16.1.